The maximum Gasteiger partial charge on any atom is 0.244 e. The van der Waals surface area contributed by atoms with E-state index in [1.165, 1.54) is 11.1 Å². The van der Waals surface area contributed by atoms with Gasteiger partial charge in [0.15, 0.2) is 0 Å². The number of hydrazone groups is 1. The molecule has 3 nitrogen and oxygen atoms in total. The van der Waals surface area contributed by atoms with Crippen molar-refractivity contribution in [2.24, 2.45) is 5.10 Å². The molecule has 0 atom stereocenters. The molecule has 120 valence electrons. The number of nitrogens with one attached hydrogen (secondary N) is 1. The normalized spacial score (nSPS) is 11.0. The van der Waals surface area contributed by atoms with E-state index in [0.717, 1.165) is 25.6 Å². The van der Waals surface area contributed by atoms with Crippen LogP contribution >= 0.6 is 31.9 Å². The molecule has 0 spiro atoms. The lowest BCUT2D eigenvalue weighted by Gasteiger charge is -2.05. The first-order valence-corrected chi connectivity index (χ1v) is 8.79. The summed E-state index contributed by atoms with van der Waals surface area (Å²) < 4.78 is 1.99. The fraction of sp³-hybridized carbons (Fsp3) is 0.222. The van der Waals surface area contributed by atoms with Gasteiger partial charge < -0.3 is 0 Å². The van der Waals surface area contributed by atoms with E-state index >= 15 is 0 Å². The number of benzene rings is 2. The number of halogens is 2. The number of carbonyl (C=O) groups excluding carboxylic acids is 1. The fourth-order valence-electron chi connectivity index (χ4n) is 2.06. The van der Waals surface area contributed by atoms with Gasteiger partial charge in [0, 0.05) is 8.95 Å². The van der Waals surface area contributed by atoms with Gasteiger partial charge in [-0.25, -0.2) is 5.43 Å². The van der Waals surface area contributed by atoms with E-state index < -0.39 is 0 Å². The van der Waals surface area contributed by atoms with Gasteiger partial charge in [0.25, 0.3) is 0 Å². The second-order valence-electron chi connectivity index (χ2n) is 5.50. The van der Waals surface area contributed by atoms with Gasteiger partial charge in [0.2, 0.25) is 5.91 Å². The van der Waals surface area contributed by atoms with Crippen molar-refractivity contribution in [3.63, 3.8) is 0 Å². The Hall–Kier alpha value is -1.46. The van der Waals surface area contributed by atoms with Crippen molar-refractivity contribution < 1.29 is 4.79 Å². The van der Waals surface area contributed by atoms with Gasteiger partial charge in [-0.2, -0.15) is 5.10 Å². The Morgan fingerprint density at radius 1 is 1.09 bits per heavy atom. The lowest BCUT2D eigenvalue weighted by molar-refractivity contribution is -0.120. The predicted molar refractivity (Wildman–Crippen MR) is 102 cm³/mol. The number of rotatable bonds is 4. The van der Waals surface area contributed by atoms with Gasteiger partial charge in [0.05, 0.1) is 12.6 Å². The van der Waals surface area contributed by atoms with E-state index in [1.54, 1.807) is 6.21 Å². The molecule has 5 heteroatoms. The van der Waals surface area contributed by atoms with E-state index in [1.807, 2.05) is 44.2 Å². The smallest absolute Gasteiger partial charge is 0.244 e. The fourth-order valence-corrected chi connectivity index (χ4v) is 3.28. The molecule has 0 radical (unpaired) electrons. The Bertz CT molecular complexity index is 747. The van der Waals surface area contributed by atoms with Crippen LogP contribution in [0.5, 0.6) is 0 Å². The third kappa shape index (κ3) is 5.01. The van der Waals surface area contributed by atoms with Crippen LogP contribution in [0.2, 0.25) is 0 Å². The van der Waals surface area contributed by atoms with Crippen LogP contribution in [0, 0.1) is 20.8 Å². The van der Waals surface area contributed by atoms with Crippen LogP contribution in [0.15, 0.2) is 44.4 Å². The number of aryl methyl sites for hydroxylation is 2. The van der Waals surface area contributed by atoms with Crippen LogP contribution in [-0.2, 0) is 11.2 Å². The monoisotopic (exact) mass is 436 g/mol. The standard InChI is InChI=1S/C18H18Br2N2O/c1-11-4-5-14(6-12(11)2)9-18(23)22-21-10-15-7-16(19)13(3)17(20)8-15/h4-8,10H,9H2,1-3H3,(H,22,23)/b21-10-. The Labute approximate surface area is 153 Å². The number of amides is 1. The molecule has 1 amide bonds. The minimum atomic E-state index is -0.130. The van der Waals surface area contributed by atoms with E-state index in [0.29, 0.717) is 6.42 Å². The van der Waals surface area contributed by atoms with Crippen molar-refractivity contribution >= 4 is 44.0 Å². The number of carbonyl (C=O) groups is 1. The summed E-state index contributed by atoms with van der Waals surface area (Å²) in [5, 5.41) is 4.02. The third-order valence-electron chi connectivity index (χ3n) is 3.64. The molecule has 0 aliphatic heterocycles. The largest absolute Gasteiger partial charge is 0.273 e. The van der Waals surface area contributed by atoms with Crippen molar-refractivity contribution in [3.05, 3.63) is 67.1 Å². The average molecular weight is 438 g/mol. The average Bonchev–Trinajstić information content (AvgIpc) is 2.48. The third-order valence-corrected chi connectivity index (χ3v) is 5.29. The summed E-state index contributed by atoms with van der Waals surface area (Å²) in [6, 6.07) is 9.95. The molecule has 2 aromatic carbocycles. The van der Waals surface area contributed by atoms with Gasteiger partial charge in [-0.1, -0.05) is 50.1 Å². The minimum Gasteiger partial charge on any atom is -0.273 e. The highest BCUT2D eigenvalue weighted by molar-refractivity contribution is 9.11. The first-order valence-electron chi connectivity index (χ1n) is 7.20. The number of hydrogen-bond acceptors (Lipinski definition) is 2. The molecule has 0 heterocycles. The molecule has 2 rings (SSSR count). The number of nitrogens with zero attached hydrogens (tertiary/aromatic N) is 1. The summed E-state index contributed by atoms with van der Waals surface area (Å²) in [4.78, 5) is 11.9. The van der Waals surface area contributed by atoms with Crippen molar-refractivity contribution in [1.29, 1.82) is 0 Å². The Morgan fingerprint density at radius 2 is 1.74 bits per heavy atom. The van der Waals surface area contributed by atoms with Gasteiger partial charge in [-0.15, -0.1) is 0 Å². The van der Waals surface area contributed by atoms with Gasteiger partial charge in [-0.3, -0.25) is 4.79 Å². The van der Waals surface area contributed by atoms with E-state index in [2.05, 4.69) is 49.3 Å². The molecular formula is C18H18Br2N2O. The SMILES string of the molecule is Cc1ccc(CC(=O)N/N=C\c2cc(Br)c(C)c(Br)c2)cc1C. The van der Waals surface area contributed by atoms with E-state index in [9.17, 15) is 4.79 Å². The number of hydrogen-bond donors (Lipinski definition) is 1. The lowest BCUT2D eigenvalue weighted by Crippen LogP contribution is -2.19. The molecule has 0 saturated carbocycles. The topological polar surface area (TPSA) is 41.5 Å². The summed E-state index contributed by atoms with van der Waals surface area (Å²) in [7, 11) is 0. The molecular weight excluding hydrogens is 420 g/mol. The highest BCUT2D eigenvalue weighted by Crippen LogP contribution is 2.25. The summed E-state index contributed by atoms with van der Waals surface area (Å²) in [6.45, 7) is 6.11. The molecule has 0 aromatic heterocycles. The summed E-state index contributed by atoms with van der Waals surface area (Å²) >= 11 is 6.99. The highest BCUT2D eigenvalue weighted by atomic mass is 79.9. The summed E-state index contributed by atoms with van der Waals surface area (Å²) in [5.41, 5.74) is 8.00. The van der Waals surface area contributed by atoms with Gasteiger partial charge in [-0.05, 0) is 60.7 Å². The van der Waals surface area contributed by atoms with Gasteiger partial charge >= 0.3 is 0 Å². The van der Waals surface area contributed by atoms with Crippen LogP contribution < -0.4 is 5.43 Å². The van der Waals surface area contributed by atoms with Crippen LogP contribution in [0.1, 0.15) is 27.8 Å². The second-order valence-corrected chi connectivity index (χ2v) is 7.21. The van der Waals surface area contributed by atoms with Crippen LogP contribution in [-0.4, -0.2) is 12.1 Å². The summed E-state index contributed by atoms with van der Waals surface area (Å²) in [6.07, 6.45) is 1.95. The van der Waals surface area contributed by atoms with Gasteiger partial charge in [0.1, 0.15) is 0 Å². The zero-order valence-corrected chi connectivity index (χ0v) is 16.5. The summed E-state index contributed by atoms with van der Waals surface area (Å²) in [5.74, 6) is -0.130. The Balaban J connectivity index is 1.97. The van der Waals surface area contributed by atoms with E-state index in [4.69, 9.17) is 0 Å². The molecule has 0 aliphatic carbocycles. The molecule has 0 bridgehead atoms. The van der Waals surface area contributed by atoms with Crippen molar-refractivity contribution in [2.75, 3.05) is 0 Å². The molecule has 0 saturated heterocycles. The quantitative estimate of drug-likeness (QED) is 0.540. The molecule has 2 aromatic rings. The van der Waals surface area contributed by atoms with Crippen molar-refractivity contribution in [3.8, 4) is 0 Å². The highest BCUT2D eigenvalue weighted by Gasteiger charge is 2.04. The molecule has 0 fully saturated rings. The zero-order valence-electron chi connectivity index (χ0n) is 13.3. The molecule has 23 heavy (non-hydrogen) atoms. The Morgan fingerprint density at radius 3 is 2.35 bits per heavy atom. The van der Waals surface area contributed by atoms with Crippen molar-refractivity contribution in [2.45, 2.75) is 27.2 Å². The van der Waals surface area contributed by atoms with Crippen LogP contribution in [0.4, 0.5) is 0 Å². The Kier molecular flexibility index (Phi) is 6.13. The molecule has 1 N–H and O–H groups in total. The van der Waals surface area contributed by atoms with Crippen molar-refractivity contribution in [1.82, 2.24) is 5.43 Å². The van der Waals surface area contributed by atoms with Crippen LogP contribution in [0.25, 0.3) is 0 Å². The molecule has 0 aliphatic rings. The maximum atomic E-state index is 11.9. The second kappa shape index (κ2) is 7.88. The predicted octanol–water partition coefficient (Wildman–Crippen LogP) is 4.83. The zero-order chi connectivity index (χ0) is 17.0. The maximum absolute atomic E-state index is 11.9. The first-order chi connectivity index (χ1) is 10.9. The van der Waals surface area contributed by atoms with Crippen LogP contribution in [0.3, 0.4) is 0 Å². The minimum absolute atomic E-state index is 0.130. The lowest BCUT2D eigenvalue weighted by atomic mass is 10.0. The molecule has 0 unspecified atom stereocenters. The van der Waals surface area contributed by atoms with E-state index in [-0.39, 0.29) is 5.91 Å². The first kappa shape index (κ1) is 17.9.